The van der Waals surface area contributed by atoms with Crippen LogP contribution in [0, 0.1) is 0 Å². The van der Waals surface area contributed by atoms with Crippen LogP contribution in [0.2, 0.25) is 0 Å². The number of para-hydroxylation sites is 1. The minimum absolute atomic E-state index is 0.349. The first kappa shape index (κ1) is 14.6. The fourth-order valence-corrected chi connectivity index (χ4v) is 2.84. The number of ether oxygens (including phenoxy) is 2. The molecule has 1 aliphatic heterocycles. The highest BCUT2D eigenvalue weighted by Crippen LogP contribution is 2.32. The van der Waals surface area contributed by atoms with E-state index in [2.05, 4.69) is 20.9 Å². The normalized spacial score (nSPS) is 14.5. The number of hydrogen-bond acceptors (Lipinski definition) is 6. The maximum Gasteiger partial charge on any atom is 0.220 e. The zero-order chi connectivity index (χ0) is 15.5. The molecule has 0 aliphatic carbocycles. The molecule has 0 fully saturated rings. The van der Waals surface area contributed by atoms with Crippen molar-refractivity contribution in [2.45, 2.75) is 19.5 Å². The number of fused-ring (bicyclic) bond motifs is 1. The Morgan fingerprint density at radius 3 is 2.91 bits per heavy atom. The summed E-state index contributed by atoms with van der Waals surface area (Å²) < 4.78 is 10.9. The number of nitrogen functional groups attached to an aromatic ring is 1. The second-order valence-corrected chi connectivity index (χ2v) is 5.31. The number of methoxy groups -OCH3 is 2. The average molecular weight is 300 g/mol. The number of anilines is 1. The molecule has 116 valence electrons. The molecular weight excluding hydrogens is 280 g/mol. The van der Waals surface area contributed by atoms with Crippen LogP contribution in [0.25, 0.3) is 0 Å². The topological polar surface area (TPSA) is 73.5 Å². The largest absolute Gasteiger partial charge is 0.493 e. The molecule has 1 aromatic carbocycles. The van der Waals surface area contributed by atoms with Gasteiger partial charge in [0.2, 0.25) is 5.95 Å². The Labute approximate surface area is 129 Å². The second-order valence-electron chi connectivity index (χ2n) is 5.31. The summed E-state index contributed by atoms with van der Waals surface area (Å²) in [6.45, 7) is 2.55. The van der Waals surface area contributed by atoms with Crippen molar-refractivity contribution >= 4 is 5.95 Å². The summed E-state index contributed by atoms with van der Waals surface area (Å²) in [4.78, 5) is 10.7. The zero-order valence-electron chi connectivity index (χ0n) is 12.9. The number of benzene rings is 1. The predicted molar refractivity (Wildman–Crippen MR) is 83.8 cm³/mol. The molecule has 0 amide bonds. The lowest BCUT2D eigenvalue weighted by molar-refractivity contribution is 0.238. The predicted octanol–water partition coefficient (Wildman–Crippen LogP) is 1.63. The highest BCUT2D eigenvalue weighted by atomic mass is 16.5. The minimum atomic E-state index is 0.349. The molecule has 0 radical (unpaired) electrons. The third-order valence-corrected chi connectivity index (χ3v) is 3.91. The zero-order valence-corrected chi connectivity index (χ0v) is 12.9. The molecule has 22 heavy (non-hydrogen) atoms. The second kappa shape index (κ2) is 6.19. The molecule has 1 aromatic heterocycles. The van der Waals surface area contributed by atoms with Crippen molar-refractivity contribution in [2.75, 3.05) is 26.5 Å². The third-order valence-electron chi connectivity index (χ3n) is 3.91. The van der Waals surface area contributed by atoms with Gasteiger partial charge in [0.05, 0.1) is 19.9 Å². The first-order valence-electron chi connectivity index (χ1n) is 7.23. The van der Waals surface area contributed by atoms with E-state index in [0.29, 0.717) is 5.95 Å². The Morgan fingerprint density at radius 2 is 2.14 bits per heavy atom. The molecule has 0 spiro atoms. The molecule has 0 unspecified atom stereocenters. The van der Waals surface area contributed by atoms with E-state index in [4.69, 9.17) is 15.2 Å². The summed E-state index contributed by atoms with van der Waals surface area (Å²) in [5.41, 5.74) is 8.95. The fraction of sp³-hybridized carbons (Fsp3) is 0.375. The standard InChI is InChI=1S/C16H20N4O2/c1-21-14-5-3-4-11(15(14)22-2)9-20-7-6-13-12(10-20)8-18-16(17)19-13/h3-5,8H,6-7,9-10H2,1-2H3,(H2,17,18,19). The van der Waals surface area contributed by atoms with E-state index in [1.807, 2.05) is 18.3 Å². The number of nitrogens with zero attached hydrogens (tertiary/aromatic N) is 3. The monoisotopic (exact) mass is 300 g/mol. The lowest BCUT2D eigenvalue weighted by Gasteiger charge is -2.28. The Balaban J connectivity index is 1.79. The van der Waals surface area contributed by atoms with Crippen LogP contribution in [-0.4, -0.2) is 35.6 Å². The van der Waals surface area contributed by atoms with E-state index in [9.17, 15) is 0 Å². The Morgan fingerprint density at radius 1 is 1.27 bits per heavy atom. The minimum Gasteiger partial charge on any atom is -0.493 e. The van der Waals surface area contributed by atoms with Gasteiger partial charge >= 0.3 is 0 Å². The maximum absolute atomic E-state index is 5.64. The maximum atomic E-state index is 5.64. The van der Waals surface area contributed by atoms with Crippen LogP contribution in [0.15, 0.2) is 24.4 Å². The number of aromatic nitrogens is 2. The first-order chi connectivity index (χ1) is 10.7. The molecule has 2 heterocycles. The highest BCUT2D eigenvalue weighted by molar-refractivity contribution is 5.46. The van der Waals surface area contributed by atoms with Crippen LogP contribution in [0.5, 0.6) is 11.5 Å². The number of hydrogen-bond donors (Lipinski definition) is 1. The lowest BCUT2D eigenvalue weighted by atomic mass is 10.1. The van der Waals surface area contributed by atoms with E-state index in [0.717, 1.165) is 54.4 Å². The van der Waals surface area contributed by atoms with Crippen molar-refractivity contribution in [3.8, 4) is 11.5 Å². The van der Waals surface area contributed by atoms with Gasteiger partial charge in [-0.1, -0.05) is 12.1 Å². The van der Waals surface area contributed by atoms with Crippen molar-refractivity contribution in [2.24, 2.45) is 0 Å². The first-order valence-corrected chi connectivity index (χ1v) is 7.23. The van der Waals surface area contributed by atoms with Crippen molar-refractivity contribution < 1.29 is 9.47 Å². The summed E-state index contributed by atoms with van der Waals surface area (Å²) >= 11 is 0. The van der Waals surface area contributed by atoms with Crippen LogP contribution in [0.3, 0.4) is 0 Å². The Kier molecular flexibility index (Phi) is 4.11. The molecule has 6 nitrogen and oxygen atoms in total. The average Bonchev–Trinajstić information content (AvgIpc) is 2.54. The van der Waals surface area contributed by atoms with E-state index < -0.39 is 0 Å². The van der Waals surface area contributed by atoms with E-state index in [1.165, 1.54) is 0 Å². The van der Waals surface area contributed by atoms with Gasteiger partial charge in [-0.2, -0.15) is 0 Å². The van der Waals surface area contributed by atoms with Crippen molar-refractivity contribution in [3.63, 3.8) is 0 Å². The fourth-order valence-electron chi connectivity index (χ4n) is 2.84. The number of rotatable bonds is 4. The molecular formula is C16H20N4O2. The SMILES string of the molecule is COc1cccc(CN2CCc3nc(N)ncc3C2)c1OC. The highest BCUT2D eigenvalue weighted by Gasteiger charge is 2.20. The van der Waals surface area contributed by atoms with Gasteiger partial charge in [-0.3, -0.25) is 4.90 Å². The van der Waals surface area contributed by atoms with Gasteiger partial charge in [-0.25, -0.2) is 9.97 Å². The quantitative estimate of drug-likeness (QED) is 0.925. The van der Waals surface area contributed by atoms with Gasteiger partial charge < -0.3 is 15.2 Å². The molecule has 0 saturated carbocycles. The lowest BCUT2D eigenvalue weighted by Crippen LogP contribution is -2.31. The van der Waals surface area contributed by atoms with Crippen LogP contribution in [0.4, 0.5) is 5.95 Å². The summed E-state index contributed by atoms with van der Waals surface area (Å²) in [6.07, 6.45) is 2.71. The summed E-state index contributed by atoms with van der Waals surface area (Å²) in [7, 11) is 3.32. The molecule has 0 bridgehead atoms. The Bertz CT molecular complexity index is 675. The van der Waals surface area contributed by atoms with Crippen LogP contribution >= 0.6 is 0 Å². The van der Waals surface area contributed by atoms with Crippen molar-refractivity contribution in [1.29, 1.82) is 0 Å². The van der Waals surface area contributed by atoms with Crippen LogP contribution in [0.1, 0.15) is 16.8 Å². The molecule has 3 rings (SSSR count). The van der Waals surface area contributed by atoms with E-state index >= 15 is 0 Å². The molecule has 0 saturated heterocycles. The Hall–Kier alpha value is -2.34. The third kappa shape index (κ3) is 2.82. The summed E-state index contributed by atoms with van der Waals surface area (Å²) in [6, 6.07) is 5.96. The number of nitrogens with two attached hydrogens (primary N) is 1. The van der Waals surface area contributed by atoms with Crippen LogP contribution < -0.4 is 15.2 Å². The van der Waals surface area contributed by atoms with E-state index in [1.54, 1.807) is 14.2 Å². The van der Waals surface area contributed by atoms with Gasteiger partial charge in [0, 0.05) is 43.4 Å². The van der Waals surface area contributed by atoms with Crippen LogP contribution in [-0.2, 0) is 19.5 Å². The molecule has 2 N–H and O–H groups in total. The van der Waals surface area contributed by atoms with Gasteiger partial charge in [-0.05, 0) is 6.07 Å². The van der Waals surface area contributed by atoms with Gasteiger partial charge in [0.1, 0.15) is 0 Å². The molecule has 6 heteroatoms. The van der Waals surface area contributed by atoms with Gasteiger partial charge in [0.25, 0.3) is 0 Å². The smallest absolute Gasteiger partial charge is 0.220 e. The molecule has 0 atom stereocenters. The summed E-state index contributed by atoms with van der Waals surface area (Å²) in [5.74, 6) is 1.90. The summed E-state index contributed by atoms with van der Waals surface area (Å²) in [5, 5.41) is 0. The molecule has 2 aromatic rings. The van der Waals surface area contributed by atoms with E-state index in [-0.39, 0.29) is 0 Å². The van der Waals surface area contributed by atoms with Gasteiger partial charge in [0.15, 0.2) is 11.5 Å². The molecule has 1 aliphatic rings. The van der Waals surface area contributed by atoms with Crippen molar-refractivity contribution in [1.82, 2.24) is 14.9 Å². The van der Waals surface area contributed by atoms with Crippen molar-refractivity contribution in [3.05, 3.63) is 41.2 Å². The van der Waals surface area contributed by atoms with Gasteiger partial charge in [-0.15, -0.1) is 0 Å².